The predicted molar refractivity (Wildman–Crippen MR) is 69.2 cm³/mol. The van der Waals surface area contributed by atoms with Crippen LogP contribution in [0.3, 0.4) is 0 Å². The summed E-state index contributed by atoms with van der Waals surface area (Å²) in [5, 5.41) is 2.62. The van der Waals surface area contributed by atoms with Gasteiger partial charge in [0.15, 0.2) is 0 Å². The molecule has 1 heterocycles. The average Bonchev–Trinajstić information content (AvgIpc) is 2.64. The number of hydrogen-bond acceptors (Lipinski definition) is 4. The summed E-state index contributed by atoms with van der Waals surface area (Å²) in [5.74, 6) is 0.617. The lowest BCUT2D eigenvalue weighted by Crippen LogP contribution is -2.34. The Balaban J connectivity index is 2.28. The van der Waals surface area contributed by atoms with Crippen molar-refractivity contribution in [2.24, 2.45) is 0 Å². The van der Waals surface area contributed by atoms with E-state index in [2.05, 4.69) is 11.9 Å². The molecule has 6 heteroatoms. The molecule has 1 aliphatic heterocycles. The van der Waals surface area contributed by atoms with Gasteiger partial charge in [-0.1, -0.05) is 30.6 Å². The van der Waals surface area contributed by atoms with Crippen LogP contribution < -0.4 is 5.32 Å². The molecule has 0 atom stereocenters. The summed E-state index contributed by atoms with van der Waals surface area (Å²) in [5.41, 5.74) is 0.444. The number of nitrogens with one attached hydrogen (secondary N) is 1. The van der Waals surface area contributed by atoms with E-state index in [1.165, 1.54) is 11.8 Å². The van der Waals surface area contributed by atoms with Crippen molar-refractivity contribution in [3.63, 3.8) is 0 Å². The number of amides is 2. The molecule has 0 unspecified atom stereocenters. The third kappa shape index (κ3) is 3.61. The van der Waals surface area contributed by atoms with Crippen molar-refractivity contribution in [2.45, 2.75) is 13.3 Å². The largest absolute Gasteiger partial charge is 0.352 e. The first kappa shape index (κ1) is 13.2. The minimum atomic E-state index is -0.217. The zero-order chi connectivity index (χ0) is 12.1. The highest BCUT2D eigenvalue weighted by Crippen LogP contribution is 2.18. The molecule has 1 fully saturated rings. The van der Waals surface area contributed by atoms with Crippen LogP contribution in [-0.4, -0.2) is 39.9 Å². The van der Waals surface area contributed by atoms with Crippen LogP contribution in [0.1, 0.15) is 13.3 Å². The van der Waals surface area contributed by atoms with Gasteiger partial charge in [-0.25, -0.2) is 0 Å². The van der Waals surface area contributed by atoms with Crippen LogP contribution in [0.2, 0.25) is 0 Å². The molecule has 0 aromatic carbocycles. The quantitative estimate of drug-likeness (QED) is 0.602. The Morgan fingerprint density at radius 1 is 1.62 bits per heavy atom. The molecule has 0 aliphatic carbocycles. The Hall–Kier alpha value is -0.880. The standard InChI is InChI=1S/C10H14N2O2S2/c1-7(2)9(14)11-4-3-8(13)12-5-6-16-10(12)15/h1,3-6H2,2H3,(H,11,14). The smallest absolute Gasteiger partial charge is 0.246 e. The Morgan fingerprint density at radius 3 is 2.81 bits per heavy atom. The van der Waals surface area contributed by atoms with Crippen LogP contribution in [0.5, 0.6) is 0 Å². The van der Waals surface area contributed by atoms with Crippen LogP contribution in [0.15, 0.2) is 12.2 Å². The lowest BCUT2D eigenvalue weighted by Gasteiger charge is -2.14. The summed E-state index contributed by atoms with van der Waals surface area (Å²) >= 11 is 6.54. The first-order valence-corrected chi connectivity index (χ1v) is 6.32. The predicted octanol–water partition coefficient (Wildman–Crippen LogP) is 0.929. The van der Waals surface area contributed by atoms with E-state index in [4.69, 9.17) is 12.2 Å². The Kier molecular flexibility index (Phi) is 4.95. The number of hydrogen-bond donors (Lipinski definition) is 1. The highest BCUT2D eigenvalue weighted by molar-refractivity contribution is 8.23. The summed E-state index contributed by atoms with van der Waals surface area (Å²) in [7, 11) is 0. The van der Waals surface area contributed by atoms with E-state index in [9.17, 15) is 9.59 Å². The van der Waals surface area contributed by atoms with Crippen molar-refractivity contribution < 1.29 is 9.59 Å². The zero-order valence-electron chi connectivity index (χ0n) is 9.12. The highest BCUT2D eigenvalue weighted by atomic mass is 32.2. The highest BCUT2D eigenvalue weighted by Gasteiger charge is 2.23. The fourth-order valence-corrected chi connectivity index (χ4v) is 2.43. The summed E-state index contributed by atoms with van der Waals surface area (Å²) in [6.07, 6.45) is 0.277. The number of thiocarbonyl (C=S) groups is 1. The monoisotopic (exact) mass is 258 g/mol. The van der Waals surface area contributed by atoms with Gasteiger partial charge in [0.1, 0.15) is 4.32 Å². The third-order valence-electron chi connectivity index (χ3n) is 2.07. The van der Waals surface area contributed by atoms with E-state index in [-0.39, 0.29) is 18.2 Å². The Bertz CT molecular complexity index is 342. The maximum Gasteiger partial charge on any atom is 0.246 e. The van der Waals surface area contributed by atoms with Gasteiger partial charge in [0.05, 0.1) is 0 Å². The van der Waals surface area contributed by atoms with Gasteiger partial charge >= 0.3 is 0 Å². The molecule has 0 radical (unpaired) electrons. The van der Waals surface area contributed by atoms with Crippen LogP contribution in [0, 0.1) is 0 Å². The van der Waals surface area contributed by atoms with Crippen molar-refractivity contribution in [3.8, 4) is 0 Å². The SMILES string of the molecule is C=C(C)C(=O)NCCC(=O)N1CCSC1=S. The second kappa shape index (κ2) is 6.00. The molecule has 1 aliphatic rings. The van der Waals surface area contributed by atoms with Crippen molar-refractivity contribution in [3.05, 3.63) is 12.2 Å². The average molecular weight is 258 g/mol. The number of rotatable bonds is 4. The minimum absolute atomic E-state index is 0.0305. The topological polar surface area (TPSA) is 49.4 Å². The van der Waals surface area contributed by atoms with Crippen molar-refractivity contribution in [1.82, 2.24) is 10.2 Å². The Morgan fingerprint density at radius 2 is 2.31 bits per heavy atom. The zero-order valence-corrected chi connectivity index (χ0v) is 10.7. The van der Waals surface area contributed by atoms with Gasteiger partial charge in [0.2, 0.25) is 11.8 Å². The number of carbonyl (C=O) groups is 2. The molecule has 16 heavy (non-hydrogen) atoms. The molecule has 0 bridgehead atoms. The maximum absolute atomic E-state index is 11.7. The summed E-state index contributed by atoms with van der Waals surface area (Å²) in [6.45, 7) is 6.14. The van der Waals surface area contributed by atoms with E-state index in [1.807, 2.05) is 0 Å². The van der Waals surface area contributed by atoms with Crippen molar-refractivity contribution in [1.29, 1.82) is 0 Å². The molecular weight excluding hydrogens is 244 g/mol. The van der Waals surface area contributed by atoms with Crippen LogP contribution in [0.4, 0.5) is 0 Å². The van der Waals surface area contributed by atoms with Gasteiger partial charge in [-0.2, -0.15) is 0 Å². The fraction of sp³-hybridized carbons (Fsp3) is 0.500. The van der Waals surface area contributed by atoms with Gasteiger partial charge in [-0.05, 0) is 6.92 Å². The number of thioether (sulfide) groups is 1. The number of carbonyl (C=O) groups excluding carboxylic acids is 2. The second-order valence-electron chi connectivity index (χ2n) is 3.45. The molecule has 0 saturated carbocycles. The third-order valence-corrected chi connectivity index (χ3v) is 3.50. The van der Waals surface area contributed by atoms with E-state index in [0.29, 0.717) is 23.0 Å². The summed E-state index contributed by atoms with van der Waals surface area (Å²) < 4.78 is 0.635. The van der Waals surface area contributed by atoms with Gasteiger partial charge in [0.25, 0.3) is 0 Å². The van der Waals surface area contributed by atoms with Crippen LogP contribution >= 0.6 is 24.0 Å². The minimum Gasteiger partial charge on any atom is -0.352 e. The van der Waals surface area contributed by atoms with Crippen molar-refractivity contribution in [2.75, 3.05) is 18.8 Å². The molecule has 1 rings (SSSR count). The van der Waals surface area contributed by atoms with E-state index in [1.54, 1.807) is 11.8 Å². The van der Waals surface area contributed by atoms with Gasteiger partial charge in [-0.15, -0.1) is 0 Å². The van der Waals surface area contributed by atoms with Gasteiger partial charge < -0.3 is 5.32 Å². The van der Waals surface area contributed by atoms with Gasteiger partial charge in [0, 0.05) is 30.8 Å². The van der Waals surface area contributed by atoms with Crippen LogP contribution in [0.25, 0.3) is 0 Å². The molecule has 88 valence electrons. The maximum atomic E-state index is 11.7. The first-order valence-electron chi connectivity index (χ1n) is 4.93. The summed E-state index contributed by atoms with van der Waals surface area (Å²) in [4.78, 5) is 24.4. The lowest BCUT2D eigenvalue weighted by molar-refractivity contribution is -0.126. The molecule has 1 saturated heterocycles. The van der Waals surface area contributed by atoms with Crippen molar-refractivity contribution >= 4 is 40.1 Å². The fourth-order valence-electron chi connectivity index (χ4n) is 1.19. The molecule has 0 aromatic rings. The summed E-state index contributed by atoms with van der Waals surface area (Å²) in [6, 6.07) is 0. The lowest BCUT2D eigenvalue weighted by atomic mass is 10.3. The molecular formula is C10H14N2O2S2. The molecule has 1 N–H and O–H groups in total. The Labute approximate surface area is 104 Å². The first-order chi connectivity index (χ1) is 7.52. The van der Waals surface area contributed by atoms with E-state index >= 15 is 0 Å². The number of nitrogens with zero attached hydrogens (tertiary/aromatic N) is 1. The molecule has 0 spiro atoms. The molecule has 2 amide bonds. The van der Waals surface area contributed by atoms with E-state index < -0.39 is 0 Å². The second-order valence-corrected chi connectivity index (χ2v) is 5.17. The molecule has 4 nitrogen and oxygen atoms in total. The molecule has 0 aromatic heterocycles. The van der Waals surface area contributed by atoms with Gasteiger partial charge in [-0.3, -0.25) is 14.5 Å². The normalized spacial score (nSPS) is 15.1. The van der Waals surface area contributed by atoms with Crippen LogP contribution in [-0.2, 0) is 9.59 Å². The van der Waals surface area contributed by atoms with E-state index in [0.717, 1.165) is 5.75 Å².